The third-order valence-corrected chi connectivity index (χ3v) is 5.87. The number of carbonyl (C=O) groups excluding carboxylic acids is 1. The molecule has 0 aliphatic heterocycles. The average molecular weight is 474 g/mol. The molecule has 1 N–H and O–H groups in total. The van der Waals surface area contributed by atoms with Crippen LogP contribution in [0.1, 0.15) is 29.2 Å². The van der Waals surface area contributed by atoms with Crippen LogP contribution in [0, 0.1) is 13.8 Å². The third kappa shape index (κ3) is 4.63. The second-order valence-corrected chi connectivity index (χ2v) is 8.75. The van der Waals surface area contributed by atoms with E-state index < -0.39 is 0 Å². The molecule has 0 saturated carbocycles. The van der Waals surface area contributed by atoms with Crippen LogP contribution in [0.3, 0.4) is 0 Å². The first-order chi connectivity index (χ1) is 16.5. The van der Waals surface area contributed by atoms with Crippen LogP contribution in [0.15, 0.2) is 54.6 Å². The number of hydrogen-bond donors (Lipinski definition) is 1. The summed E-state index contributed by atoms with van der Waals surface area (Å²) in [5.74, 6) is 1.15. The van der Waals surface area contributed by atoms with Crippen LogP contribution in [0.2, 0.25) is 5.02 Å². The molecule has 5 rings (SSSR count). The van der Waals surface area contributed by atoms with Gasteiger partial charge in [0.2, 0.25) is 11.9 Å². The van der Waals surface area contributed by atoms with E-state index in [1.54, 1.807) is 10.6 Å². The zero-order valence-corrected chi connectivity index (χ0v) is 19.8. The van der Waals surface area contributed by atoms with Crippen molar-refractivity contribution in [2.24, 2.45) is 0 Å². The highest BCUT2D eigenvalue weighted by molar-refractivity contribution is 6.31. The van der Waals surface area contributed by atoms with Gasteiger partial charge in [0.05, 0.1) is 17.5 Å². The van der Waals surface area contributed by atoms with Gasteiger partial charge in [-0.2, -0.15) is 4.98 Å². The lowest BCUT2D eigenvalue weighted by molar-refractivity contribution is -0.115. The molecule has 34 heavy (non-hydrogen) atoms. The first-order valence-corrected chi connectivity index (χ1v) is 11.5. The largest absolute Gasteiger partial charge is 0.310 e. The highest BCUT2D eigenvalue weighted by atomic mass is 35.5. The van der Waals surface area contributed by atoms with Crippen molar-refractivity contribution in [2.45, 2.75) is 39.7 Å². The lowest BCUT2D eigenvalue weighted by Gasteiger charge is -2.10. The Bertz CT molecular complexity index is 1490. The monoisotopic (exact) mass is 473 g/mol. The number of amides is 1. The summed E-state index contributed by atoms with van der Waals surface area (Å²) in [6, 6.07) is 17.8. The summed E-state index contributed by atoms with van der Waals surface area (Å²) in [5, 5.41) is 7.98. The van der Waals surface area contributed by atoms with E-state index in [9.17, 15) is 4.79 Å². The number of rotatable bonds is 7. The van der Waals surface area contributed by atoms with Crippen molar-refractivity contribution in [2.75, 3.05) is 5.32 Å². The van der Waals surface area contributed by atoms with E-state index in [2.05, 4.69) is 37.5 Å². The van der Waals surface area contributed by atoms with Crippen LogP contribution in [-0.4, -0.2) is 35.0 Å². The van der Waals surface area contributed by atoms with Gasteiger partial charge in [-0.15, -0.1) is 5.10 Å². The van der Waals surface area contributed by atoms with E-state index in [1.807, 2.05) is 54.8 Å². The predicted molar refractivity (Wildman–Crippen MR) is 132 cm³/mol. The van der Waals surface area contributed by atoms with Crippen LogP contribution in [0.5, 0.6) is 0 Å². The SMILES string of the molecule is Cc1cc(C)n2nc(CC(=O)Nc3nc4cc(Cl)ccc4n3CCCc3ccccc3)nc2n1. The number of benzene rings is 2. The number of halogens is 1. The molecule has 0 aliphatic carbocycles. The van der Waals surface area contributed by atoms with Crippen LogP contribution in [0.4, 0.5) is 5.95 Å². The fourth-order valence-electron chi connectivity index (χ4n) is 4.11. The number of anilines is 1. The minimum absolute atomic E-state index is 0.0236. The maximum Gasteiger partial charge on any atom is 0.252 e. The first-order valence-electron chi connectivity index (χ1n) is 11.2. The normalized spacial score (nSPS) is 11.4. The Labute approximate surface area is 201 Å². The third-order valence-electron chi connectivity index (χ3n) is 5.63. The van der Waals surface area contributed by atoms with E-state index in [0.717, 1.165) is 35.3 Å². The first kappa shape index (κ1) is 22.0. The average Bonchev–Trinajstić information content (AvgIpc) is 3.34. The fraction of sp³-hybridized carbons (Fsp3) is 0.240. The van der Waals surface area contributed by atoms with Gasteiger partial charge in [-0.3, -0.25) is 10.1 Å². The number of carbonyl (C=O) groups is 1. The molecule has 172 valence electrons. The van der Waals surface area contributed by atoms with Crippen molar-refractivity contribution in [1.29, 1.82) is 0 Å². The van der Waals surface area contributed by atoms with Crippen molar-refractivity contribution >= 4 is 40.3 Å². The molecule has 3 aromatic heterocycles. The topological polar surface area (TPSA) is 90.0 Å². The maximum absolute atomic E-state index is 12.9. The molecule has 2 aromatic carbocycles. The molecule has 5 aromatic rings. The number of hydrogen-bond acceptors (Lipinski definition) is 5. The molecular formula is C25H24ClN7O. The molecule has 0 unspecified atom stereocenters. The zero-order valence-electron chi connectivity index (χ0n) is 19.0. The number of aromatic nitrogens is 6. The van der Waals surface area contributed by atoms with E-state index in [0.29, 0.717) is 29.1 Å². The van der Waals surface area contributed by atoms with Crippen LogP contribution >= 0.6 is 11.6 Å². The number of nitrogens with zero attached hydrogens (tertiary/aromatic N) is 6. The highest BCUT2D eigenvalue weighted by Crippen LogP contribution is 2.24. The van der Waals surface area contributed by atoms with Gasteiger partial charge in [0.1, 0.15) is 0 Å². The summed E-state index contributed by atoms with van der Waals surface area (Å²) in [5.41, 5.74) is 4.71. The molecule has 0 atom stereocenters. The molecule has 8 nitrogen and oxygen atoms in total. The minimum Gasteiger partial charge on any atom is -0.310 e. The van der Waals surface area contributed by atoms with E-state index in [-0.39, 0.29) is 12.3 Å². The Balaban J connectivity index is 1.36. The Morgan fingerprint density at radius 3 is 2.68 bits per heavy atom. The lowest BCUT2D eigenvalue weighted by atomic mass is 10.1. The van der Waals surface area contributed by atoms with Crippen LogP contribution < -0.4 is 5.32 Å². The van der Waals surface area contributed by atoms with Gasteiger partial charge in [-0.1, -0.05) is 41.9 Å². The minimum atomic E-state index is -0.240. The molecular weight excluding hydrogens is 450 g/mol. The van der Waals surface area contributed by atoms with Gasteiger partial charge >= 0.3 is 0 Å². The molecule has 1 amide bonds. The van der Waals surface area contributed by atoms with Gasteiger partial charge in [-0.25, -0.2) is 14.5 Å². The fourth-order valence-corrected chi connectivity index (χ4v) is 4.27. The molecule has 0 aliphatic rings. The summed E-state index contributed by atoms with van der Waals surface area (Å²) in [4.78, 5) is 26.3. The van der Waals surface area contributed by atoms with Gasteiger partial charge in [0.15, 0.2) is 5.82 Å². The molecule has 9 heteroatoms. The van der Waals surface area contributed by atoms with Crippen molar-refractivity contribution in [3.8, 4) is 0 Å². The van der Waals surface area contributed by atoms with Crippen molar-refractivity contribution in [3.63, 3.8) is 0 Å². The van der Waals surface area contributed by atoms with Crippen molar-refractivity contribution in [1.82, 2.24) is 29.1 Å². The van der Waals surface area contributed by atoms with Crippen molar-refractivity contribution in [3.05, 3.63) is 82.4 Å². The Hall–Kier alpha value is -3.78. The maximum atomic E-state index is 12.9. The molecule has 0 radical (unpaired) electrons. The summed E-state index contributed by atoms with van der Waals surface area (Å²) in [6.45, 7) is 4.55. The smallest absolute Gasteiger partial charge is 0.252 e. The summed E-state index contributed by atoms with van der Waals surface area (Å²) >= 11 is 6.18. The van der Waals surface area contributed by atoms with Gasteiger partial charge in [-0.05, 0) is 56.5 Å². The molecule has 0 spiro atoms. The second kappa shape index (κ2) is 9.23. The van der Waals surface area contributed by atoms with Crippen LogP contribution in [0.25, 0.3) is 16.8 Å². The number of nitrogens with one attached hydrogen (secondary N) is 1. The standard InChI is InChI=1S/C25H24ClN7O/c1-16-13-17(2)33-25(27-16)29-22(31-33)15-23(34)30-24-28-20-14-19(26)10-11-21(20)32(24)12-6-9-18-7-4-3-5-8-18/h3-5,7-8,10-11,13-14H,6,9,12,15H2,1-2H3,(H,28,30,34). The Morgan fingerprint density at radius 1 is 1.03 bits per heavy atom. The number of imidazole rings is 1. The Morgan fingerprint density at radius 2 is 1.85 bits per heavy atom. The number of aryl methyl sites for hydroxylation is 4. The van der Waals surface area contributed by atoms with Crippen molar-refractivity contribution < 1.29 is 4.79 Å². The quantitative estimate of drug-likeness (QED) is 0.374. The Kier molecular flexibility index (Phi) is 5.98. The van der Waals surface area contributed by atoms with Gasteiger partial charge in [0, 0.05) is 23.0 Å². The molecule has 3 heterocycles. The summed E-state index contributed by atoms with van der Waals surface area (Å²) in [6.07, 6.45) is 1.85. The van der Waals surface area contributed by atoms with Crippen LogP contribution in [-0.2, 0) is 24.2 Å². The molecule has 0 bridgehead atoms. The van der Waals surface area contributed by atoms with E-state index in [1.165, 1.54) is 5.56 Å². The lowest BCUT2D eigenvalue weighted by Crippen LogP contribution is -2.19. The van der Waals surface area contributed by atoms with E-state index >= 15 is 0 Å². The number of fused-ring (bicyclic) bond motifs is 2. The predicted octanol–water partition coefficient (Wildman–Crippen LogP) is 4.56. The molecule has 0 saturated heterocycles. The summed E-state index contributed by atoms with van der Waals surface area (Å²) in [7, 11) is 0. The summed E-state index contributed by atoms with van der Waals surface area (Å²) < 4.78 is 3.68. The molecule has 0 fully saturated rings. The highest BCUT2D eigenvalue weighted by Gasteiger charge is 2.16. The zero-order chi connectivity index (χ0) is 23.7. The second-order valence-electron chi connectivity index (χ2n) is 8.31. The van der Waals surface area contributed by atoms with Gasteiger partial charge < -0.3 is 4.57 Å². The van der Waals surface area contributed by atoms with Gasteiger partial charge in [0.25, 0.3) is 5.78 Å². The van der Waals surface area contributed by atoms with E-state index in [4.69, 9.17) is 11.6 Å².